The fraction of sp³-hybridized carbons (Fsp3) is 0.920. The van der Waals surface area contributed by atoms with Crippen molar-refractivity contribution < 1.29 is 14.0 Å². The number of aliphatic hydroxyl groups excluding tert-OH is 1. The van der Waals surface area contributed by atoms with Crippen molar-refractivity contribution in [3.05, 3.63) is 24.3 Å². The number of unbranched alkanes of at least 4 members (excludes halogenated alkanes) is 23. The minimum atomic E-state index is -1.02. The van der Waals surface area contributed by atoms with Gasteiger partial charge in [-0.05, 0) is 101 Å². The Morgan fingerprint density at radius 2 is 1.00 bits per heavy atom. The Morgan fingerprint density at radius 1 is 0.554 bits per heavy atom. The lowest BCUT2D eigenvalue weighted by Crippen LogP contribution is -2.22. The van der Waals surface area contributed by atoms with Crippen molar-refractivity contribution in [3.8, 4) is 0 Å². The van der Waals surface area contributed by atoms with Crippen LogP contribution in [0.1, 0.15) is 233 Å². The van der Waals surface area contributed by atoms with Crippen LogP contribution in [-0.4, -0.2) is 63.2 Å². The fourth-order valence-electron chi connectivity index (χ4n) is 6.46. The molecule has 6 heteroatoms. The molecular formula is C50H103BO3S2. The molecule has 0 spiro atoms. The molecule has 0 aromatic carbocycles. The van der Waals surface area contributed by atoms with Crippen molar-refractivity contribution in [2.45, 2.75) is 246 Å². The molecule has 0 aliphatic rings. The van der Waals surface area contributed by atoms with Crippen LogP contribution in [0, 0.1) is 5.92 Å². The maximum Gasteiger partial charge on any atom is 0.168 e. The zero-order valence-corrected chi connectivity index (χ0v) is 41.2. The highest BCUT2D eigenvalue weighted by molar-refractivity contribution is 8.28. The predicted molar refractivity (Wildman–Crippen MR) is 264 cm³/mol. The number of hydrogen-bond donors (Lipinski definition) is 1. The van der Waals surface area contributed by atoms with Crippen molar-refractivity contribution in [1.82, 2.24) is 0 Å². The molecule has 0 aliphatic heterocycles. The molecule has 0 bridgehead atoms. The molecule has 3 nitrogen and oxygen atoms in total. The first-order chi connectivity index (χ1) is 27.3. The van der Waals surface area contributed by atoms with E-state index in [0.29, 0.717) is 12.5 Å². The predicted octanol–water partition coefficient (Wildman–Crippen LogP) is 17.2. The van der Waals surface area contributed by atoms with Crippen molar-refractivity contribution >= 4 is 29.9 Å². The van der Waals surface area contributed by atoms with Gasteiger partial charge in [0, 0.05) is 6.61 Å². The average Bonchev–Trinajstić information content (AvgIpc) is 3.18. The molecule has 0 aliphatic carbocycles. The van der Waals surface area contributed by atoms with Gasteiger partial charge in [-0.25, -0.2) is 0 Å². The molecule has 0 aromatic heterocycles. The van der Waals surface area contributed by atoms with E-state index >= 15 is 0 Å². The monoisotopic (exact) mass is 827 g/mol. The Kier molecular flexibility index (Phi) is 57.3. The van der Waals surface area contributed by atoms with E-state index in [4.69, 9.17) is 21.9 Å². The van der Waals surface area contributed by atoms with Gasteiger partial charge in [0.25, 0.3) is 0 Å². The van der Waals surface area contributed by atoms with Gasteiger partial charge in [-0.15, -0.1) is 10.3 Å². The van der Waals surface area contributed by atoms with Crippen LogP contribution in [-0.2, 0) is 8.92 Å². The maximum absolute atomic E-state index is 8.33. The Hall–Kier alpha value is 0.125. The molecule has 336 valence electrons. The molecule has 2 radical (unpaired) electrons. The summed E-state index contributed by atoms with van der Waals surface area (Å²) < 4.78 is 12.7. The van der Waals surface area contributed by atoms with Gasteiger partial charge in [0.15, 0.2) is 6.29 Å². The first-order valence-electron chi connectivity index (χ1n) is 24.3. The van der Waals surface area contributed by atoms with Gasteiger partial charge < -0.3 is 14.0 Å². The van der Waals surface area contributed by atoms with Gasteiger partial charge in [-0.2, -0.15) is 11.8 Å². The van der Waals surface area contributed by atoms with Crippen LogP contribution in [0.15, 0.2) is 24.3 Å². The molecular weight excluding hydrogens is 723 g/mol. The molecule has 0 saturated carbocycles. The van der Waals surface area contributed by atoms with Crippen molar-refractivity contribution in [3.63, 3.8) is 0 Å². The van der Waals surface area contributed by atoms with Gasteiger partial charge in [0.2, 0.25) is 0 Å². The second kappa shape index (κ2) is 53.1. The molecule has 0 heterocycles. The molecule has 56 heavy (non-hydrogen) atoms. The van der Waals surface area contributed by atoms with Crippen LogP contribution in [0.25, 0.3) is 0 Å². The van der Waals surface area contributed by atoms with Crippen LogP contribution < -0.4 is 0 Å². The lowest BCUT2D eigenvalue weighted by atomic mass is 9.98. The molecule has 0 fully saturated rings. The van der Waals surface area contributed by atoms with Crippen LogP contribution in [0.3, 0.4) is 0 Å². The highest BCUT2D eigenvalue weighted by Gasteiger charge is 2.18. The largest absolute Gasteiger partial charge is 0.396 e. The summed E-state index contributed by atoms with van der Waals surface area (Å²) in [5, 5.41) is 8.33. The summed E-state index contributed by atoms with van der Waals surface area (Å²) in [6.45, 7) is 10.3. The van der Waals surface area contributed by atoms with E-state index < -0.39 is 10.3 Å². The van der Waals surface area contributed by atoms with Crippen molar-refractivity contribution in [2.75, 3.05) is 44.0 Å². The number of hydrogen-bond acceptors (Lipinski definition) is 4. The van der Waals surface area contributed by atoms with Gasteiger partial charge in [0.05, 0.1) is 14.5 Å². The Labute approximate surface area is 362 Å². The SMILES string of the molecule is CCCCC/C=C\C/C=C\CCCCCCCC(OCC(CC)CCCCCCCC)OS(C)(C)C.CCCCCCCCCCSC.[B]CCCCCCO. The highest BCUT2D eigenvalue weighted by atomic mass is 32.3. The molecule has 0 amide bonds. The molecule has 0 saturated heterocycles. The number of aliphatic hydroxyl groups is 1. The van der Waals surface area contributed by atoms with E-state index in [1.807, 2.05) is 11.8 Å². The number of allylic oxidation sites excluding steroid dienone is 4. The van der Waals surface area contributed by atoms with Crippen LogP contribution in [0.2, 0.25) is 6.32 Å². The Morgan fingerprint density at radius 3 is 1.50 bits per heavy atom. The molecule has 2 atom stereocenters. The third-order valence-corrected chi connectivity index (χ3v) is 11.7. The number of ether oxygens (including phenoxy) is 1. The fourth-order valence-corrected chi connectivity index (χ4v) is 7.74. The molecule has 0 rings (SSSR count). The maximum atomic E-state index is 8.33. The first kappa shape index (κ1) is 60.4. The van der Waals surface area contributed by atoms with E-state index in [9.17, 15) is 0 Å². The summed E-state index contributed by atoms with van der Waals surface area (Å²) in [4.78, 5) is 0. The molecule has 2 unspecified atom stereocenters. The minimum absolute atomic E-state index is 0.0171. The summed E-state index contributed by atoms with van der Waals surface area (Å²) in [5.41, 5.74) is 0. The summed E-state index contributed by atoms with van der Waals surface area (Å²) in [7, 11) is 4.23. The lowest BCUT2D eigenvalue weighted by Gasteiger charge is -2.32. The quantitative estimate of drug-likeness (QED) is 0.0288. The standard InChI is InChI=1S/C33H66O2S.C11H24S.C6H13BO/c1-7-10-12-14-16-17-18-19-20-21-22-23-24-26-28-30-33(35-36(4,5)6)34-31-32(9-3)29-27-25-15-13-11-8-2;1-3-4-5-6-7-8-9-10-11-12-2;7-5-3-1-2-4-6-8/h16-17,19-20,32-33H,7-15,18,21-31H2,1-6H3;3-11H2,1-2H3;8H,1-6H2/b17-16-,20-19-;;. The van der Waals surface area contributed by atoms with Crippen LogP contribution >= 0.6 is 22.1 Å². The van der Waals surface area contributed by atoms with E-state index in [1.165, 1.54) is 173 Å². The summed E-state index contributed by atoms with van der Waals surface area (Å²) in [5.74, 6) is 2.04. The van der Waals surface area contributed by atoms with Crippen molar-refractivity contribution in [2.24, 2.45) is 5.92 Å². The third-order valence-electron chi connectivity index (χ3n) is 10.2. The van der Waals surface area contributed by atoms with E-state index in [2.05, 4.69) is 77.0 Å². The van der Waals surface area contributed by atoms with Crippen LogP contribution in [0.5, 0.6) is 0 Å². The minimum Gasteiger partial charge on any atom is -0.396 e. The van der Waals surface area contributed by atoms with Gasteiger partial charge in [-0.1, -0.05) is 200 Å². The third kappa shape index (κ3) is 58.4. The number of rotatable bonds is 41. The van der Waals surface area contributed by atoms with Crippen LogP contribution in [0.4, 0.5) is 0 Å². The van der Waals surface area contributed by atoms with E-state index in [0.717, 1.165) is 51.5 Å². The van der Waals surface area contributed by atoms with Gasteiger partial charge >= 0.3 is 0 Å². The molecule has 0 aromatic rings. The Bertz CT molecular complexity index is 726. The summed E-state index contributed by atoms with van der Waals surface area (Å²) >= 11 is 1.97. The van der Waals surface area contributed by atoms with Gasteiger partial charge in [0.1, 0.15) is 0 Å². The number of thioether (sulfide) groups is 1. The Balaban J connectivity index is -0.00000114. The lowest BCUT2D eigenvalue weighted by molar-refractivity contribution is -0.0905. The van der Waals surface area contributed by atoms with Gasteiger partial charge in [-0.3, -0.25) is 0 Å². The summed E-state index contributed by atoms with van der Waals surface area (Å²) in [6.07, 6.45) is 60.8. The normalized spacial score (nSPS) is 13.1. The van der Waals surface area contributed by atoms with E-state index in [1.54, 1.807) is 0 Å². The first-order valence-corrected chi connectivity index (χ1v) is 28.5. The average molecular weight is 827 g/mol. The zero-order valence-electron chi connectivity index (χ0n) is 39.6. The second-order valence-corrected chi connectivity index (χ2v) is 21.5. The van der Waals surface area contributed by atoms with Crippen molar-refractivity contribution in [1.29, 1.82) is 0 Å². The zero-order chi connectivity index (χ0) is 42.1. The topological polar surface area (TPSA) is 38.7 Å². The second-order valence-electron chi connectivity index (χ2n) is 16.8. The smallest absolute Gasteiger partial charge is 0.168 e. The highest BCUT2D eigenvalue weighted by Crippen LogP contribution is 2.39. The summed E-state index contributed by atoms with van der Waals surface area (Å²) in [6, 6.07) is 0. The van der Waals surface area contributed by atoms with E-state index in [-0.39, 0.29) is 6.29 Å². The molecule has 1 N–H and O–H groups in total.